The molecule has 2 atom stereocenters. The maximum Gasteiger partial charge on any atom is 0.258 e. The fourth-order valence-electron chi connectivity index (χ4n) is 4.39. The second kappa shape index (κ2) is 7.34. The molecule has 3 aliphatic rings. The highest BCUT2D eigenvalue weighted by Gasteiger charge is 2.34. The lowest BCUT2D eigenvalue weighted by molar-refractivity contribution is 0.00635. The first-order chi connectivity index (χ1) is 12.2. The van der Waals surface area contributed by atoms with Crippen LogP contribution in [0.1, 0.15) is 54.4 Å². The van der Waals surface area contributed by atoms with Gasteiger partial charge in [0.05, 0.1) is 11.7 Å². The number of amides is 1. The van der Waals surface area contributed by atoms with Crippen LogP contribution in [0.15, 0.2) is 18.2 Å². The summed E-state index contributed by atoms with van der Waals surface area (Å²) >= 11 is 0. The molecule has 2 N–H and O–H groups in total. The minimum Gasteiger partial charge on any atom is -0.487 e. The zero-order chi connectivity index (χ0) is 17.2. The Morgan fingerprint density at radius 2 is 1.96 bits per heavy atom. The van der Waals surface area contributed by atoms with Gasteiger partial charge in [0.15, 0.2) is 0 Å². The second-order valence-electron chi connectivity index (χ2n) is 7.68. The molecule has 1 amide bonds. The molecule has 0 aromatic heterocycles. The lowest BCUT2D eigenvalue weighted by Crippen LogP contribution is -2.37. The van der Waals surface area contributed by atoms with Gasteiger partial charge in [-0.3, -0.25) is 4.79 Å². The molecule has 0 spiro atoms. The van der Waals surface area contributed by atoms with Crippen molar-refractivity contribution in [3.63, 3.8) is 0 Å². The van der Waals surface area contributed by atoms with E-state index in [1.54, 1.807) is 0 Å². The Hall–Kier alpha value is -1.59. The number of fused-ring (bicyclic) bond motifs is 1. The highest BCUT2D eigenvalue weighted by molar-refractivity contribution is 6.01. The van der Waals surface area contributed by atoms with E-state index in [4.69, 9.17) is 4.74 Å². The molecule has 0 radical (unpaired) electrons. The molecule has 25 heavy (non-hydrogen) atoms. The van der Waals surface area contributed by atoms with Crippen molar-refractivity contribution in [2.75, 3.05) is 19.6 Å². The van der Waals surface area contributed by atoms with E-state index in [0.29, 0.717) is 23.8 Å². The predicted octanol–water partition coefficient (Wildman–Crippen LogP) is 2.32. The topological polar surface area (TPSA) is 61.8 Å². The third-order valence-corrected chi connectivity index (χ3v) is 5.86. The van der Waals surface area contributed by atoms with Crippen molar-refractivity contribution in [2.45, 2.75) is 57.3 Å². The van der Waals surface area contributed by atoms with E-state index < -0.39 is 6.10 Å². The molecule has 1 saturated heterocycles. The maximum atomic E-state index is 13.0. The smallest absolute Gasteiger partial charge is 0.258 e. The number of ether oxygens (including phenoxy) is 1. The number of benzene rings is 1. The highest BCUT2D eigenvalue weighted by Crippen LogP contribution is 2.34. The number of nitrogens with one attached hydrogen (secondary N) is 1. The molecule has 1 aromatic carbocycles. The number of aliphatic hydroxyl groups is 1. The highest BCUT2D eigenvalue weighted by atomic mass is 16.5. The van der Waals surface area contributed by atoms with Gasteiger partial charge in [0, 0.05) is 13.1 Å². The van der Waals surface area contributed by atoms with E-state index in [9.17, 15) is 9.90 Å². The first-order valence-corrected chi connectivity index (χ1v) is 9.69. The third-order valence-electron chi connectivity index (χ3n) is 5.86. The lowest BCUT2D eigenvalue weighted by Gasteiger charge is -2.29. The second-order valence-corrected chi connectivity index (χ2v) is 7.68. The fraction of sp³-hybridized carbons (Fsp3) is 0.650. The Bertz CT molecular complexity index is 627. The van der Waals surface area contributed by atoms with E-state index in [2.05, 4.69) is 5.32 Å². The number of rotatable bonds is 4. The molecule has 5 heteroatoms. The summed E-state index contributed by atoms with van der Waals surface area (Å²) in [5.41, 5.74) is 1.77. The van der Waals surface area contributed by atoms with Crippen molar-refractivity contribution in [2.24, 2.45) is 5.92 Å². The maximum absolute atomic E-state index is 13.0. The van der Waals surface area contributed by atoms with Crippen molar-refractivity contribution < 1.29 is 14.6 Å². The average molecular weight is 344 g/mol. The minimum atomic E-state index is -0.424. The van der Waals surface area contributed by atoms with E-state index in [1.807, 2.05) is 23.1 Å². The molecule has 136 valence electrons. The van der Waals surface area contributed by atoms with Gasteiger partial charge in [0.1, 0.15) is 11.9 Å². The third kappa shape index (κ3) is 3.53. The fourth-order valence-corrected chi connectivity index (χ4v) is 4.39. The molecule has 2 fully saturated rings. The zero-order valence-corrected chi connectivity index (χ0v) is 14.7. The number of hydrogen-bond acceptors (Lipinski definition) is 4. The summed E-state index contributed by atoms with van der Waals surface area (Å²) < 4.78 is 6.11. The van der Waals surface area contributed by atoms with E-state index in [0.717, 1.165) is 63.7 Å². The SMILES string of the molecule is O=C1c2c(cccc2O[C@@H]2CCCC[C@H]2O)CN1CC1CCNCC1. The van der Waals surface area contributed by atoms with Crippen molar-refractivity contribution in [3.05, 3.63) is 29.3 Å². The van der Waals surface area contributed by atoms with Crippen LogP contribution in [-0.2, 0) is 6.54 Å². The van der Waals surface area contributed by atoms with Gasteiger partial charge in [-0.05, 0) is 62.7 Å². The summed E-state index contributed by atoms with van der Waals surface area (Å²) in [4.78, 5) is 15.0. The van der Waals surface area contributed by atoms with E-state index >= 15 is 0 Å². The molecule has 4 rings (SSSR count). The molecule has 1 saturated carbocycles. The number of hydrogen-bond donors (Lipinski definition) is 2. The molecule has 2 heterocycles. The molecule has 0 unspecified atom stereocenters. The Balaban J connectivity index is 1.48. The summed E-state index contributed by atoms with van der Waals surface area (Å²) in [7, 11) is 0. The largest absolute Gasteiger partial charge is 0.487 e. The summed E-state index contributed by atoms with van der Waals surface area (Å²) in [5, 5.41) is 13.6. The molecule has 1 aliphatic carbocycles. The predicted molar refractivity (Wildman–Crippen MR) is 95.7 cm³/mol. The van der Waals surface area contributed by atoms with Crippen LogP contribution < -0.4 is 10.1 Å². The monoisotopic (exact) mass is 344 g/mol. The molecular formula is C20H28N2O3. The van der Waals surface area contributed by atoms with Gasteiger partial charge >= 0.3 is 0 Å². The molecule has 1 aromatic rings. The summed E-state index contributed by atoms with van der Waals surface area (Å²) in [6.45, 7) is 3.62. The minimum absolute atomic E-state index is 0.0921. The molecule has 5 nitrogen and oxygen atoms in total. The van der Waals surface area contributed by atoms with Crippen LogP contribution in [0.25, 0.3) is 0 Å². The first-order valence-electron chi connectivity index (χ1n) is 9.69. The van der Waals surface area contributed by atoms with Crippen LogP contribution in [-0.4, -0.2) is 47.8 Å². The van der Waals surface area contributed by atoms with Crippen molar-refractivity contribution in [3.8, 4) is 5.75 Å². The Kier molecular flexibility index (Phi) is 4.95. The van der Waals surface area contributed by atoms with Crippen LogP contribution in [0.5, 0.6) is 5.75 Å². The standard InChI is InChI=1S/C20H28N2O3/c23-16-5-1-2-6-17(16)25-18-7-3-4-15-13-22(20(24)19(15)18)12-14-8-10-21-11-9-14/h3-4,7,14,16-17,21,23H,1-2,5-6,8-13H2/t16-,17-/m1/s1. The average Bonchev–Trinajstić information content (AvgIpc) is 2.95. The van der Waals surface area contributed by atoms with Crippen LogP contribution in [0.3, 0.4) is 0 Å². The molecule has 2 aliphatic heterocycles. The van der Waals surface area contributed by atoms with Crippen LogP contribution >= 0.6 is 0 Å². The van der Waals surface area contributed by atoms with E-state index in [1.165, 1.54) is 0 Å². The number of carbonyl (C=O) groups excluding carboxylic acids is 1. The normalized spacial score (nSPS) is 27.4. The van der Waals surface area contributed by atoms with Gasteiger partial charge in [0.25, 0.3) is 5.91 Å². The van der Waals surface area contributed by atoms with Crippen molar-refractivity contribution in [1.82, 2.24) is 10.2 Å². The summed E-state index contributed by atoms with van der Waals surface area (Å²) in [6, 6.07) is 5.87. The summed E-state index contributed by atoms with van der Waals surface area (Å²) in [6.07, 6.45) is 5.44. The first kappa shape index (κ1) is 16.9. The zero-order valence-electron chi connectivity index (χ0n) is 14.7. The molecular weight excluding hydrogens is 316 g/mol. The Labute approximate surface area is 149 Å². The van der Waals surface area contributed by atoms with Gasteiger partial charge in [-0.2, -0.15) is 0 Å². The molecule has 0 bridgehead atoms. The number of nitrogens with zero attached hydrogens (tertiary/aromatic N) is 1. The number of carbonyl (C=O) groups is 1. The van der Waals surface area contributed by atoms with E-state index in [-0.39, 0.29) is 12.0 Å². The van der Waals surface area contributed by atoms with Crippen molar-refractivity contribution >= 4 is 5.91 Å². The van der Waals surface area contributed by atoms with Gasteiger partial charge in [-0.1, -0.05) is 18.6 Å². The lowest BCUT2D eigenvalue weighted by atomic mass is 9.94. The quantitative estimate of drug-likeness (QED) is 0.880. The van der Waals surface area contributed by atoms with Gasteiger partial charge in [-0.15, -0.1) is 0 Å². The number of piperidine rings is 1. The van der Waals surface area contributed by atoms with Crippen LogP contribution in [0, 0.1) is 5.92 Å². The van der Waals surface area contributed by atoms with Crippen LogP contribution in [0.2, 0.25) is 0 Å². The number of aliphatic hydroxyl groups excluding tert-OH is 1. The summed E-state index contributed by atoms with van der Waals surface area (Å²) in [5.74, 6) is 1.33. The van der Waals surface area contributed by atoms with Gasteiger partial charge in [-0.25, -0.2) is 0 Å². The van der Waals surface area contributed by atoms with Crippen LogP contribution in [0.4, 0.5) is 0 Å². The Morgan fingerprint density at radius 1 is 1.16 bits per heavy atom. The van der Waals surface area contributed by atoms with Gasteiger partial charge in [0.2, 0.25) is 0 Å². The van der Waals surface area contributed by atoms with Crippen molar-refractivity contribution in [1.29, 1.82) is 0 Å². The van der Waals surface area contributed by atoms with Gasteiger partial charge < -0.3 is 20.1 Å². The Morgan fingerprint density at radius 3 is 2.76 bits per heavy atom.